The number of allylic oxidation sites excluding steroid dienone is 4. The summed E-state index contributed by atoms with van der Waals surface area (Å²) < 4.78 is 5.27. The second-order valence-corrected chi connectivity index (χ2v) is 7.15. The average Bonchev–Trinajstić information content (AvgIpc) is 2.94. The first kappa shape index (κ1) is 17.7. The Morgan fingerprint density at radius 3 is 2.85 bits per heavy atom. The van der Waals surface area contributed by atoms with Crippen LogP contribution in [0.15, 0.2) is 65.9 Å². The molecule has 5 nitrogen and oxygen atoms in total. The van der Waals surface area contributed by atoms with E-state index in [1.54, 1.807) is 0 Å². The molecule has 3 aliphatic rings. The summed E-state index contributed by atoms with van der Waals surface area (Å²) >= 11 is 0. The van der Waals surface area contributed by atoms with E-state index in [2.05, 4.69) is 22.8 Å². The van der Waals surface area contributed by atoms with Gasteiger partial charge in [0.15, 0.2) is 5.78 Å². The molecule has 2 aliphatic heterocycles. The van der Waals surface area contributed by atoms with Crippen LogP contribution in [-0.4, -0.2) is 37.5 Å². The number of ether oxygens (including phenoxy) is 1. The third-order valence-electron chi connectivity index (χ3n) is 5.78. The number of Topliss-reactive ketones (excluding diaryl/α,β-unsaturated/α-hetero) is 1. The Labute approximate surface area is 159 Å². The Kier molecular flexibility index (Phi) is 4.70. The van der Waals surface area contributed by atoms with Gasteiger partial charge >= 0.3 is 5.97 Å². The fourth-order valence-corrected chi connectivity index (χ4v) is 4.55. The van der Waals surface area contributed by atoms with E-state index in [9.17, 15) is 9.59 Å². The maximum Gasteiger partial charge on any atom is 0.323 e. The molecule has 3 atom stereocenters. The minimum absolute atomic E-state index is 0.109. The van der Waals surface area contributed by atoms with Crippen molar-refractivity contribution in [1.29, 1.82) is 0 Å². The molecule has 1 aliphatic carbocycles. The van der Waals surface area contributed by atoms with E-state index in [0.717, 1.165) is 11.3 Å². The van der Waals surface area contributed by atoms with Gasteiger partial charge in [-0.1, -0.05) is 48.6 Å². The molecular weight excluding hydrogens is 340 g/mol. The molecule has 0 amide bonds. The third kappa shape index (κ3) is 2.92. The molecule has 0 aromatic heterocycles. The van der Waals surface area contributed by atoms with Crippen LogP contribution in [-0.2, 0) is 9.53 Å². The summed E-state index contributed by atoms with van der Waals surface area (Å²) in [5, 5.41) is 6.71. The number of esters is 1. The first-order valence-corrected chi connectivity index (χ1v) is 9.49. The van der Waals surface area contributed by atoms with Gasteiger partial charge in [-0.3, -0.25) is 9.59 Å². The zero-order valence-electron chi connectivity index (χ0n) is 15.4. The predicted octanol–water partition coefficient (Wildman–Crippen LogP) is 2.38. The number of hydrogen-bond donors (Lipinski definition) is 2. The maximum absolute atomic E-state index is 13.4. The topological polar surface area (TPSA) is 67.4 Å². The van der Waals surface area contributed by atoms with Crippen LogP contribution in [0.1, 0.15) is 23.7 Å². The van der Waals surface area contributed by atoms with Crippen LogP contribution in [0.5, 0.6) is 0 Å². The third-order valence-corrected chi connectivity index (χ3v) is 5.78. The van der Waals surface area contributed by atoms with Crippen molar-refractivity contribution < 1.29 is 14.3 Å². The summed E-state index contributed by atoms with van der Waals surface area (Å²) in [6.07, 6.45) is 8.71. The van der Waals surface area contributed by atoms with Crippen molar-refractivity contribution in [3.05, 3.63) is 71.5 Å². The smallest absolute Gasteiger partial charge is 0.323 e. The van der Waals surface area contributed by atoms with Gasteiger partial charge in [0.05, 0.1) is 12.5 Å². The molecule has 3 unspecified atom stereocenters. The highest BCUT2D eigenvalue weighted by Crippen LogP contribution is 2.53. The van der Waals surface area contributed by atoms with Crippen molar-refractivity contribution in [2.75, 3.05) is 19.7 Å². The Bertz CT molecular complexity index is 840. The normalized spacial score (nSPS) is 28.8. The van der Waals surface area contributed by atoms with Gasteiger partial charge in [-0.05, 0) is 25.0 Å². The molecule has 2 heterocycles. The van der Waals surface area contributed by atoms with Crippen molar-refractivity contribution in [1.82, 2.24) is 10.6 Å². The highest BCUT2D eigenvalue weighted by atomic mass is 16.5. The standard InChI is InChI=1S/C22H24N2O3/c1-2-27-21(26)18-13-22-16(11-12-23-18)9-6-10-19(22)24-14-17(22)20(25)15-7-4-3-5-8-15/h3-11,17-18,23-24H,2,12-14H2,1H3. The van der Waals surface area contributed by atoms with Gasteiger partial charge in [0, 0.05) is 29.8 Å². The maximum atomic E-state index is 13.4. The van der Waals surface area contributed by atoms with Gasteiger partial charge in [0.25, 0.3) is 0 Å². The molecule has 4 rings (SSSR count). The van der Waals surface area contributed by atoms with Crippen molar-refractivity contribution in [3.63, 3.8) is 0 Å². The van der Waals surface area contributed by atoms with E-state index in [-0.39, 0.29) is 17.7 Å². The van der Waals surface area contributed by atoms with E-state index in [1.165, 1.54) is 0 Å². The minimum Gasteiger partial charge on any atom is -0.465 e. The van der Waals surface area contributed by atoms with E-state index >= 15 is 0 Å². The first-order chi connectivity index (χ1) is 13.2. The second kappa shape index (κ2) is 7.16. The van der Waals surface area contributed by atoms with Crippen LogP contribution in [0.2, 0.25) is 0 Å². The second-order valence-electron chi connectivity index (χ2n) is 7.15. The summed E-state index contributed by atoms with van der Waals surface area (Å²) in [7, 11) is 0. The Morgan fingerprint density at radius 2 is 2.07 bits per heavy atom. The number of rotatable bonds is 4. The Hall–Kier alpha value is -2.66. The monoisotopic (exact) mass is 364 g/mol. The summed E-state index contributed by atoms with van der Waals surface area (Å²) in [5.74, 6) is -0.412. The largest absolute Gasteiger partial charge is 0.465 e. The van der Waals surface area contributed by atoms with Crippen LogP contribution in [0.25, 0.3) is 0 Å². The summed E-state index contributed by atoms with van der Waals surface area (Å²) in [5.41, 5.74) is 2.30. The summed E-state index contributed by atoms with van der Waals surface area (Å²) in [6, 6.07) is 8.96. The summed E-state index contributed by atoms with van der Waals surface area (Å²) in [6.45, 7) is 3.29. The van der Waals surface area contributed by atoms with Crippen LogP contribution in [0.3, 0.4) is 0 Å². The van der Waals surface area contributed by atoms with Crippen LogP contribution in [0.4, 0.5) is 0 Å². The van der Waals surface area contributed by atoms with Crippen molar-refractivity contribution in [2.24, 2.45) is 11.3 Å². The van der Waals surface area contributed by atoms with Crippen molar-refractivity contribution in [3.8, 4) is 0 Å². The number of benzene rings is 1. The van der Waals surface area contributed by atoms with Gasteiger partial charge in [-0.15, -0.1) is 0 Å². The fourth-order valence-electron chi connectivity index (χ4n) is 4.55. The Morgan fingerprint density at radius 1 is 1.26 bits per heavy atom. The van der Waals surface area contributed by atoms with E-state index in [0.29, 0.717) is 31.7 Å². The van der Waals surface area contributed by atoms with Gasteiger partial charge < -0.3 is 15.4 Å². The molecule has 1 spiro atoms. The quantitative estimate of drug-likeness (QED) is 0.634. The van der Waals surface area contributed by atoms with E-state index in [1.807, 2.05) is 49.4 Å². The SMILES string of the molecule is CCOC(=O)C1CC23C(=CCN1)C=CC=C2NCC3C(=O)c1ccccc1. The zero-order valence-corrected chi connectivity index (χ0v) is 15.4. The Balaban J connectivity index is 1.76. The zero-order chi connectivity index (χ0) is 18.9. The highest BCUT2D eigenvalue weighted by molar-refractivity contribution is 5.99. The lowest BCUT2D eigenvalue weighted by Gasteiger charge is -2.38. The van der Waals surface area contributed by atoms with Crippen LogP contribution in [0, 0.1) is 11.3 Å². The van der Waals surface area contributed by atoms with Crippen molar-refractivity contribution >= 4 is 11.8 Å². The lowest BCUT2D eigenvalue weighted by Crippen LogP contribution is -2.45. The number of carbonyl (C=O) groups excluding carboxylic acids is 2. The van der Waals surface area contributed by atoms with Gasteiger partial charge in [0.1, 0.15) is 6.04 Å². The lowest BCUT2D eigenvalue weighted by atomic mass is 9.63. The van der Waals surface area contributed by atoms with Crippen molar-refractivity contribution in [2.45, 2.75) is 19.4 Å². The average molecular weight is 364 g/mol. The minimum atomic E-state index is -0.525. The van der Waals surface area contributed by atoms with E-state index in [4.69, 9.17) is 4.74 Å². The molecule has 1 aromatic rings. The molecule has 1 saturated heterocycles. The van der Waals surface area contributed by atoms with Gasteiger partial charge in [0.2, 0.25) is 0 Å². The molecule has 5 heteroatoms. The lowest BCUT2D eigenvalue weighted by molar-refractivity contribution is -0.146. The number of carbonyl (C=O) groups is 2. The first-order valence-electron chi connectivity index (χ1n) is 9.49. The highest BCUT2D eigenvalue weighted by Gasteiger charge is 2.55. The molecule has 0 radical (unpaired) electrons. The number of ketones is 1. The number of hydrogen-bond acceptors (Lipinski definition) is 5. The van der Waals surface area contributed by atoms with Crippen LogP contribution >= 0.6 is 0 Å². The van der Waals surface area contributed by atoms with E-state index < -0.39 is 11.5 Å². The van der Waals surface area contributed by atoms with Gasteiger partial charge in [-0.25, -0.2) is 0 Å². The summed E-state index contributed by atoms with van der Waals surface area (Å²) in [4.78, 5) is 25.9. The molecule has 1 aromatic carbocycles. The predicted molar refractivity (Wildman–Crippen MR) is 103 cm³/mol. The fraction of sp³-hybridized carbons (Fsp3) is 0.364. The van der Waals surface area contributed by atoms with Gasteiger partial charge in [-0.2, -0.15) is 0 Å². The number of nitrogens with one attached hydrogen (secondary N) is 2. The molecule has 27 heavy (non-hydrogen) atoms. The van der Waals surface area contributed by atoms with Crippen LogP contribution < -0.4 is 10.6 Å². The molecular formula is C22H24N2O3. The molecule has 0 bridgehead atoms. The molecule has 140 valence electrons. The molecule has 1 fully saturated rings. The molecule has 2 N–H and O–H groups in total. The molecule has 0 saturated carbocycles.